The number of nitrogens with one attached hydrogen (secondary N) is 1. The van der Waals surface area contributed by atoms with Crippen LogP contribution in [0.2, 0.25) is 0 Å². The Balaban J connectivity index is 2.30. The Morgan fingerprint density at radius 2 is 1.78 bits per heavy atom. The fraction of sp³-hybridized carbons (Fsp3) is 0.176. The predicted molar refractivity (Wildman–Crippen MR) is 83.8 cm³/mol. The molecule has 0 aromatic heterocycles. The number of benzene rings is 1. The van der Waals surface area contributed by atoms with Crippen LogP contribution in [0, 0.1) is 11.3 Å². The Hall–Kier alpha value is -3.22. The summed E-state index contributed by atoms with van der Waals surface area (Å²) in [5.41, 5.74) is -2.88. The number of amides is 1. The fourth-order valence-corrected chi connectivity index (χ4v) is 2.23. The second kappa shape index (κ2) is 7.19. The molecular weight excluding hydrogens is 376 g/mol. The van der Waals surface area contributed by atoms with E-state index in [1.54, 1.807) is 6.07 Å². The molecule has 0 radical (unpaired) electrons. The number of nitriles is 1. The fourth-order valence-electron chi connectivity index (χ4n) is 2.23. The van der Waals surface area contributed by atoms with Crippen LogP contribution in [0.5, 0.6) is 0 Å². The van der Waals surface area contributed by atoms with Crippen molar-refractivity contribution < 1.29 is 31.1 Å². The highest BCUT2D eigenvalue weighted by molar-refractivity contribution is 6.07. The smallest absolute Gasteiger partial charge is 0.349 e. The minimum absolute atomic E-state index is 0.130. The lowest BCUT2D eigenvalue weighted by Crippen LogP contribution is -2.24. The second-order valence-corrected chi connectivity index (χ2v) is 5.43. The molecule has 0 saturated heterocycles. The first-order chi connectivity index (χ1) is 12.4. The highest BCUT2D eigenvalue weighted by Gasteiger charge is 2.34. The molecular formula is C17H11F6N3O. The highest BCUT2D eigenvalue weighted by Crippen LogP contribution is 2.32. The van der Waals surface area contributed by atoms with Gasteiger partial charge in [0.05, 0.1) is 16.8 Å². The zero-order chi connectivity index (χ0) is 20.4. The monoisotopic (exact) mass is 387 g/mol. The summed E-state index contributed by atoms with van der Waals surface area (Å²) in [7, 11) is 1.21. The lowest BCUT2D eigenvalue weighted by Gasteiger charge is -2.23. The van der Waals surface area contributed by atoms with Crippen molar-refractivity contribution in [2.24, 2.45) is 0 Å². The van der Waals surface area contributed by atoms with Gasteiger partial charge >= 0.3 is 12.4 Å². The number of rotatable bonds is 2. The van der Waals surface area contributed by atoms with Crippen LogP contribution in [-0.4, -0.2) is 24.0 Å². The number of alkyl halides is 6. The molecule has 0 spiro atoms. The van der Waals surface area contributed by atoms with E-state index in [1.807, 2.05) is 0 Å². The van der Waals surface area contributed by atoms with E-state index in [-0.39, 0.29) is 11.4 Å². The molecule has 0 atom stereocenters. The molecule has 1 aliphatic heterocycles. The van der Waals surface area contributed by atoms with Gasteiger partial charge in [0.1, 0.15) is 11.6 Å². The SMILES string of the molecule is CN1C=C(C(F)(F)F)C=C/C1=C(/C#N)C(=O)Nc1cccc(C(F)(F)F)c1. The van der Waals surface area contributed by atoms with E-state index in [9.17, 15) is 36.4 Å². The Morgan fingerprint density at radius 1 is 1.11 bits per heavy atom. The Bertz CT molecular complexity index is 887. The van der Waals surface area contributed by atoms with Gasteiger partial charge in [-0.05, 0) is 30.4 Å². The van der Waals surface area contributed by atoms with E-state index >= 15 is 0 Å². The molecule has 2 rings (SSSR count). The number of allylic oxidation sites excluding steroid dienone is 3. The maximum absolute atomic E-state index is 12.7. The first-order valence-corrected chi connectivity index (χ1v) is 7.26. The lowest BCUT2D eigenvalue weighted by molar-refractivity contribution is -0.137. The van der Waals surface area contributed by atoms with Crippen LogP contribution in [0.15, 0.2) is 59.5 Å². The van der Waals surface area contributed by atoms with Crippen LogP contribution >= 0.6 is 0 Å². The third kappa shape index (κ3) is 4.69. The number of hydrogen-bond donors (Lipinski definition) is 1. The van der Waals surface area contributed by atoms with Crippen molar-refractivity contribution in [1.82, 2.24) is 4.90 Å². The molecule has 1 N–H and O–H groups in total. The quantitative estimate of drug-likeness (QED) is 0.466. The van der Waals surface area contributed by atoms with Gasteiger partial charge in [-0.25, -0.2) is 0 Å². The molecule has 1 heterocycles. The summed E-state index contributed by atoms with van der Waals surface area (Å²) in [6.07, 6.45) is -6.90. The van der Waals surface area contributed by atoms with Gasteiger partial charge in [0.25, 0.3) is 5.91 Å². The predicted octanol–water partition coefficient (Wildman–Crippen LogP) is 4.37. The van der Waals surface area contributed by atoms with Gasteiger partial charge in [0.15, 0.2) is 0 Å². The van der Waals surface area contributed by atoms with Crippen LogP contribution in [-0.2, 0) is 11.0 Å². The van der Waals surface area contributed by atoms with Crippen LogP contribution < -0.4 is 5.32 Å². The molecule has 0 fully saturated rings. The average Bonchev–Trinajstić information content (AvgIpc) is 2.55. The van der Waals surface area contributed by atoms with E-state index in [4.69, 9.17) is 0 Å². The van der Waals surface area contributed by atoms with E-state index < -0.39 is 35.0 Å². The van der Waals surface area contributed by atoms with Crippen LogP contribution in [0.4, 0.5) is 32.0 Å². The van der Waals surface area contributed by atoms with Crippen LogP contribution in [0.1, 0.15) is 5.56 Å². The number of likely N-dealkylation sites (N-methyl/N-ethyl adjacent to an activating group) is 1. The summed E-state index contributed by atoms with van der Waals surface area (Å²) in [5, 5.41) is 11.3. The van der Waals surface area contributed by atoms with Gasteiger partial charge in [-0.15, -0.1) is 0 Å². The number of nitrogens with zero attached hydrogens (tertiary/aromatic N) is 2. The van der Waals surface area contributed by atoms with Crippen molar-refractivity contribution in [3.05, 3.63) is 65.0 Å². The lowest BCUT2D eigenvalue weighted by atomic mass is 10.1. The van der Waals surface area contributed by atoms with Gasteiger partial charge in [0.2, 0.25) is 0 Å². The molecule has 1 amide bonds. The van der Waals surface area contributed by atoms with Crippen molar-refractivity contribution in [3.8, 4) is 6.07 Å². The number of carbonyl (C=O) groups is 1. The summed E-state index contributed by atoms with van der Waals surface area (Å²) >= 11 is 0. The standard InChI is InChI=1S/C17H11F6N3O/c1-26-9-11(17(21,22)23)5-6-14(26)13(8-24)15(27)25-12-4-2-3-10(7-12)16(18,19)20/h2-7,9H,1H3,(H,25,27)/b14-13+. The average molecular weight is 387 g/mol. The van der Waals surface area contributed by atoms with Gasteiger partial charge in [-0.3, -0.25) is 4.79 Å². The third-order valence-corrected chi connectivity index (χ3v) is 3.50. The Morgan fingerprint density at radius 3 is 2.30 bits per heavy atom. The van der Waals surface area contributed by atoms with Crippen molar-refractivity contribution in [3.63, 3.8) is 0 Å². The second-order valence-electron chi connectivity index (χ2n) is 5.43. The van der Waals surface area contributed by atoms with E-state index in [2.05, 4.69) is 5.32 Å². The van der Waals surface area contributed by atoms with Crippen molar-refractivity contribution in [2.75, 3.05) is 12.4 Å². The number of hydrogen-bond acceptors (Lipinski definition) is 3. The molecule has 0 bridgehead atoms. The largest absolute Gasteiger partial charge is 0.417 e. The molecule has 0 aliphatic carbocycles. The third-order valence-electron chi connectivity index (χ3n) is 3.50. The normalized spacial score (nSPS) is 16.5. The van der Waals surface area contributed by atoms with Gasteiger partial charge in [0, 0.05) is 18.9 Å². The Kier molecular flexibility index (Phi) is 5.35. The van der Waals surface area contributed by atoms with E-state index in [1.165, 1.54) is 13.1 Å². The molecule has 0 unspecified atom stereocenters. The first-order valence-electron chi connectivity index (χ1n) is 7.26. The minimum Gasteiger partial charge on any atom is -0.349 e. The zero-order valence-corrected chi connectivity index (χ0v) is 13.6. The van der Waals surface area contributed by atoms with Crippen LogP contribution in [0.3, 0.4) is 0 Å². The highest BCUT2D eigenvalue weighted by atomic mass is 19.4. The molecule has 10 heteroatoms. The zero-order valence-electron chi connectivity index (χ0n) is 13.6. The van der Waals surface area contributed by atoms with Gasteiger partial charge in [-0.1, -0.05) is 6.07 Å². The summed E-state index contributed by atoms with van der Waals surface area (Å²) in [6, 6.07) is 5.31. The number of halogens is 6. The summed E-state index contributed by atoms with van der Waals surface area (Å²) in [6.45, 7) is 0. The Labute approximate surface area is 149 Å². The molecule has 0 saturated carbocycles. The minimum atomic E-state index is -4.62. The van der Waals surface area contributed by atoms with Gasteiger partial charge in [-0.2, -0.15) is 31.6 Å². The van der Waals surface area contributed by atoms with E-state index in [0.29, 0.717) is 18.3 Å². The first kappa shape index (κ1) is 20.1. The molecule has 27 heavy (non-hydrogen) atoms. The molecule has 4 nitrogen and oxygen atoms in total. The molecule has 1 aromatic rings. The topological polar surface area (TPSA) is 56.1 Å². The van der Waals surface area contributed by atoms with E-state index in [0.717, 1.165) is 23.1 Å². The molecule has 142 valence electrons. The van der Waals surface area contributed by atoms with Crippen molar-refractivity contribution in [2.45, 2.75) is 12.4 Å². The summed E-state index contributed by atoms with van der Waals surface area (Å²) < 4.78 is 76.3. The molecule has 1 aliphatic rings. The van der Waals surface area contributed by atoms with Gasteiger partial charge < -0.3 is 10.2 Å². The molecule has 1 aromatic carbocycles. The number of carbonyl (C=O) groups excluding carboxylic acids is 1. The summed E-state index contributed by atoms with van der Waals surface area (Å²) in [5.74, 6) is -1.05. The van der Waals surface area contributed by atoms with Crippen molar-refractivity contribution in [1.29, 1.82) is 5.26 Å². The summed E-state index contributed by atoms with van der Waals surface area (Å²) in [4.78, 5) is 13.2. The maximum atomic E-state index is 12.7. The van der Waals surface area contributed by atoms with Crippen molar-refractivity contribution >= 4 is 11.6 Å². The number of anilines is 1. The van der Waals surface area contributed by atoms with Crippen LogP contribution in [0.25, 0.3) is 0 Å². The maximum Gasteiger partial charge on any atom is 0.417 e.